The summed E-state index contributed by atoms with van der Waals surface area (Å²) in [6, 6.07) is 0.339. The number of nitrogens with two attached hydrogens (primary N) is 1. The summed E-state index contributed by atoms with van der Waals surface area (Å²) in [7, 11) is 0. The van der Waals surface area contributed by atoms with Gasteiger partial charge in [-0.2, -0.15) is 0 Å². The van der Waals surface area contributed by atoms with Gasteiger partial charge in [-0.05, 0) is 38.5 Å². The van der Waals surface area contributed by atoms with Crippen LogP contribution in [0.25, 0.3) is 0 Å². The molecule has 0 amide bonds. The number of hydrogen-bond acceptors (Lipinski definition) is 2. The zero-order chi connectivity index (χ0) is 8.77. The summed E-state index contributed by atoms with van der Waals surface area (Å²) >= 11 is 0. The van der Waals surface area contributed by atoms with Crippen molar-refractivity contribution in [3.63, 3.8) is 0 Å². The summed E-state index contributed by atoms with van der Waals surface area (Å²) in [4.78, 5) is 0. The van der Waals surface area contributed by atoms with Crippen LogP contribution in [0, 0.1) is 5.92 Å². The molecule has 1 saturated carbocycles. The second kappa shape index (κ2) is 2.57. The average molecular weight is 167 g/mol. The van der Waals surface area contributed by atoms with Crippen LogP contribution in [0.2, 0.25) is 0 Å². The third kappa shape index (κ3) is 1.54. The third-order valence-corrected chi connectivity index (χ3v) is 2.93. The first-order chi connectivity index (χ1) is 5.55. The van der Waals surface area contributed by atoms with Crippen molar-refractivity contribution in [3.05, 3.63) is 11.6 Å². The summed E-state index contributed by atoms with van der Waals surface area (Å²) in [5, 5.41) is 9.85. The molecule has 3 N–H and O–H groups in total. The van der Waals surface area contributed by atoms with Crippen molar-refractivity contribution >= 4 is 0 Å². The summed E-state index contributed by atoms with van der Waals surface area (Å²) in [6.07, 6.45) is 6.16. The Morgan fingerprint density at radius 1 is 1.58 bits per heavy atom. The first-order valence-electron chi connectivity index (χ1n) is 4.74. The summed E-state index contributed by atoms with van der Waals surface area (Å²) in [5.41, 5.74) is 6.70. The van der Waals surface area contributed by atoms with E-state index >= 15 is 0 Å². The molecule has 2 aliphatic rings. The van der Waals surface area contributed by atoms with Crippen molar-refractivity contribution in [3.8, 4) is 0 Å². The highest BCUT2D eigenvalue weighted by molar-refractivity contribution is 5.19. The normalized spacial score (nSPS) is 47.1. The molecule has 2 heteroatoms. The van der Waals surface area contributed by atoms with E-state index in [1.54, 1.807) is 0 Å². The molecule has 2 rings (SSSR count). The van der Waals surface area contributed by atoms with E-state index in [1.165, 1.54) is 12.0 Å². The van der Waals surface area contributed by atoms with Gasteiger partial charge in [0.15, 0.2) is 0 Å². The van der Waals surface area contributed by atoms with Gasteiger partial charge in [-0.15, -0.1) is 0 Å². The molecule has 2 aliphatic carbocycles. The van der Waals surface area contributed by atoms with E-state index in [1.807, 2.05) is 13.0 Å². The van der Waals surface area contributed by atoms with Crippen LogP contribution in [0.15, 0.2) is 11.6 Å². The maximum Gasteiger partial charge on any atom is 0.0805 e. The summed E-state index contributed by atoms with van der Waals surface area (Å²) < 4.78 is 0. The van der Waals surface area contributed by atoms with Gasteiger partial charge >= 0.3 is 0 Å². The molecule has 3 atom stereocenters. The lowest BCUT2D eigenvalue weighted by molar-refractivity contribution is 0.0634. The van der Waals surface area contributed by atoms with Gasteiger partial charge in [-0.3, -0.25) is 0 Å². The zero-order valence-corrected chi connectivity index (χ0v) is 7.59. The van der Waals surface area contributed by atoms with Crippen LogP contribution in [0.3, 0.4) is 0 Å². The molecule has 0 aromatic rings. The van der Waals surface area contributed by atoms with Gasteiger partial charge in [-0.1, -0.05) is 11.6 Å². The molecule has 0 radical (unpaired) electrons. The van der Waals surface area contributed by atoms with E-state index in [2.05, 4.69) is 0 Å². The van der Waals surface area contributed by atoms with Gasteiger partial charge in [-0.25, -0.2) is 0 Å². The van der Waals surface area contributed by atoms with E-state index in [9.17, 15) is 5.11 Å². The maximum atomic E-state index is 9.85. The molecular formula is C10H17NO. The number of rotatable bonds is 0. The SMILES string of the molecule is CC1(O)C=C2CC(N)CC(C2)C1. The fraction of sp³-hybridized carbons (Fsp3) is 0.800. The van der Waals surface area contributed by atoms with Crippen molar-refractivity contribution in [2.24, 2.45) is 11.7 Å². The molecular weight excluding hydrogens is 150 g/mol. The van der Waals surface area contributed by atoms with Gasteiger partial charge in [0.25, 0.3) is 0 Å². The molecule has 3 unspecified atom stereocenters. The van der Waals surface area contributed by atoms with Gasteiger partial charge in [0.1, 0.15) is 0 Å². The highest BCUT2D eigenvalue weighted by Crippen LogP contribution is 2.39. The van der Waals surface area contributed by atoms with Gasteiger partial charge in [0.05, 0.1) is 5.60 Å². The first kappa shape index (κ1) is 8.27. The van der Waals surface area contributed by atoms with Crippen molar-refractivity contribution in [2.45, 2.75) is 44.2 Å². The van der Waals surface area contributed by atoms with Crippen LogP contribution < -0.4 is 5.73 Å². The minimum absolute atomic E-state index is 0.339. The van der Waals surface area contributed by atoms with Gasteiger partial charge < -0.3 is 10.8 Å². The Kier molecular flexibility index (Phi) is 1.77. The lowest BCUT2D eigenvalue weighted by Gasteiger charge is -2.38. The number of hydrogen-bond donors (Lipinski definition) is 2. The fourth-order valence-corrected chi connectivity index (χ4v) is 2.74. The van der Waals surface area contributed by atoms with Crippen LogP contribution >= 0.6 is 0 Å². The van der Waals surface area contributed by atoms with Gasteiger partial charge in [0.2, 0.25) is 0 Å². The van der Waals surface area contributed by atoms with Crippen LogP contribution in [0.4, 0.5) is 0 Å². The Hall–Kier alpha value is -0.340. The molecule has 2 bridgehead atoms. The quantitative estimate of drug-likeness (QED) is 0.532. The molecule has 1 fully saturated rings. The molecule has 12 heavy (non-hydrogen) atoms. The Bertz CT molecular complexity index is 220. The molecule has 0 aromatic heterocycles. The minimum Gasteiger partial charge on any atom is -0.386 e. The fourth-order valence-electron chi connectivity index (χ4n) is 2.74. The second-order valence-corrected chi connectivity index (χ2v) is 4.63. The predicted octanol–water partition coefficient (Wildman–Crippen LogP) is 1.19. The van der Waals surface area contributed by atoms with Crippen molar-refractivity contribution in [1.82, 2.24) is 0 Å². The van der Waals surface area contributed by atoms with Crippen LogP contribution in [-0.2, 0) is 0 Å². The first-order valence-corrected chi connectivity index (χ1v) is 4.74. The molecule has 0 saturated heterocycles. The van der Waals surface area contributed by atoms with Crippen LogP contribution in [-0.4, -0.2) is 16.7 Å². The topological polar surface area (TPSA) is 46.2 Å². The van der Waals surface area contributed by atoms with Gasteiger partial charge in [0, 0.05) is 6.04 Å². The van der Waals surface area contributed by atoms with E-state index in [0.717, 1.165) is 19.3 Å². The zero-order valence-electron chi connectivity index (χ0n) is 7.59. The Balaban J connectivity index is 2.22. The average Bonchev–Trinajstić information content (AvgIpc) is 1.78. The molecule has 68 valence electrons. The minimum atomic E-state index is -0.557. The van der Waals surface area contributed by atoms with Crippen LogP contribution in [0.5, 0.6) is 0 Å². The molecule has 0 aliphatic heterocycles. The number of aliphatic hydroxyl groups is 1. The Morgan fingerprint density at radius 3 is 3.00 bits per heavy atom. The lowest BCUT2D eigenvalue weighted by atomic mass is 9.71. The Labute approximate surface area is 73.5 Å². The largest absolute Gasteiger partial charge is 0.386 e. The van der Waals surface area contributed by atoms with Crippen molar-refractivity contribution in [2.75, 3.05) is 0 Å². The van der Waals surface area contributed by atoms with Crippen LogP contribution in [0.1, 0.15) is 32.6 Å². The maximum absolute atomic E-state index is 9.85. The standard InChI is InChI=1S/C10H17NO/c1-10(12)5-7-2-8(6-10)4-9(11)3-7/h5,8-9,12H,2-4,6,11H2,1H3. The van der Waals surface area contributed by atoms with E-state index in [-0.39, 0.29) is 0 Å². The third-order valence-electron chi connectivity index (χ3n) is 2.93. The monoisotopic (exact) mass is 167 g/mol. The predicted molar refractivity (Wildman–Crippen MR) is 48.6 cm³/mol. The van der Waals surface area contributed by atoms with Crippen molar-refractivity contribution in [1.29, 1.82) is 0 Å². The highest BCUT2D eigenvalue weighted by Gasteiger charge is 2.33. The second-order valence-electron chi connectivity index (χ2n) is 4.63. The molecule has 0 aromatic carbocycles. The summed E-state index contributed by atoms with van der Waals surface area (Å²) in [5.74, 6) is 0.628. The summed E-state index contributed by atoms with van der Waals surface area (Å²) in [6.45, 7) is 1.90. The highest BCUT2D eigenvalue weighted by atomic mass is 16.3. The lowest BCUT2D eigenvalue weighted by Crippen LogP contribution is -2.38. The van der Waals surface area contributed by atoms with E-state index in [4.69, 9.17) is 5.73 Å². The smallest absolute Gasteiger partial charge is 0.0805 e. The molecule has 0 heterocycles. The van der Waals surface area contributed by atoms with E-state index < -0.39 is 5.60 Å². The number of fused-ring (bicyclic) bond motifs is 2. The molecule has 0 spiro atoms. The van der Waals surface area contributed by atoms with Crippen molar-refractivity contribution < 1.29 is 5.11 Å². The van der Waals surface area contributed by atoms with E-state index in [0.29, 0.717) is 12.0 Å². The Morgan fingerprint density at radius 2 is 2.33 bits per heavy atom. The molecule has 2 nitrogen and oxygen atoms in total.